The summed E-state index contributed by atoms with van der Waals surface area (Å²) >= 11 is 0. The van der Waals surface area contributed by atoms with Crippen molar-refractivity contribution < 1.29 is 9.90 Å². The minimum atomic E-state index is -0.401. The Labute approximate surface area is 79.9 Å². The predicted octanol–water partition coefficient (Wildman–Crippen LogP) is -0.176. The average Bonchev–Trinajstić information content (AvgIpc) is 2.02. The molecule has 2 atom stereocenters. The third-order valence-electron chi connectivity index (χ3n) is 1.94. The van der Waals surface area contributed by atoms with Crippen LogP contribution in [0.4, 0.5) is 0 Å². The van der Waals surface area contributed by atoms with Gasteiger partial charge in [0.2, 0.25) is 5.91 Å². The maximum atomic E-state index is 11.3. The third kappa shape index (κ3) is 4.85. The molecule has 4 heteroatoms. The van der Waals surface area contributed by atoms with Crippen molar-refractivity contribution in [2.24, 2.45) is 0 Å². The van der Waals surface area contributed by atoms with E-state index in [1.165, 1.54) is 0 Å². The largest absolute Gasteiger partial charge is 0.392 e. The number of likely N-dealkylation sites (N-methyl/N-ethyl adjacent to an activating group) is 2. The van der Waals surface area contributed by atoms with Crippen molar-refractivity contribution in [3.63, 3.8) is 0 Å². The van der Waals surface area contributed by atoms with Gasteiger partial charge in [0.1, 0.15) is 0 Å². The SMILES string of the molecule is CCNC(=O)C(C)N(C)CC(C)O. The zero-order valence-electron chi connectivity index (χ0n) is 8.87. The van der Waals surface area contributed by atoms with Gasteiger partial charge in [0.15, 0.2) is 0 Å². The number of hydrogen-bond acceptors (Lipinski definition) is 3. The van der Waals surface area contributed by atoms with E-state index in [-0.39, 0.29) is 11.9 Å². The molecule has 4 nitrogen and oxygen atoms in total. The molecule has 0 fully saturated rings. The zero-order valence-corrected chi connectivity index (χ0v) is 8.87. The normalized spacial score (nSPS) is 15.5. The molecule has 0 spiro atoms. The second-order valence-corrected chi connectivity index (χ2v) is 3.36. The minimum Gasteiger partial charge on any atom is -0.392 e. The Hall–Kier alpha value is -0.610. The van der Waals surface area contributed by atoms with E-state index in [1.54, 1.807) is 6.92 Å². The van der Waals surface area contributed by atoms with Crippen molar-refractivity contribution in [3.8, 4) is 0 Å². The number of aliphatic hydroxyl groups is 1. The van der Waals surface area contributed by atoms with Gasteiger partial charge in [-0.25, -0.2) is 0 Å². The van der Waals surface area contributed by atoms with Crippen LogP contribution >= 0.6 is 0 Å². The first-order chi connectivity index (χ1) is 5.99. The van der Waals surface area contributed by atoms with Gasteiger partial charge in [-0.1, -0.05) is 0 Å². The van der Waals surface area contributed by atoms with E-state index in [9.17, 15) is 4.79 Å². The molecule has 13 heavy (non-hydrogen) atoms. The molecule has 78 valence electrons. The molecule has 0 bridgehead atoms. The van der Waals surface area contributed by atoms with Gasteiger partial charge in [-0.3, -0.25) is 9.69 Å². The summed E-state index contributed by atoms with van der Waals surface area (Å²) < 4.78 is 0. The molecule has 0 aromatic heterocycles. The molecule has 0 aliphatic carbocycles. The number of nitrogens with zero attached hydrogens (tertiary/aromatic N) is 1. The van der Waals surface area contributed by atoms with E-state index in [1.807, 2.05) is 25.8 Å². The highest BCUT2D eigenvalue weighted by Crippen LogP contribution is 1.97. The van der Waals surface area contributed by atoms with Crippen molar-refractivity contribution in [3.05, 3.63) is 0 Å². The first-order valence-electron chi connectivity index (χ1n) is 4.65. The van der Waals surface area contributed by atoms with Gasteiger partial charge in [0.05, 0.1) is 12.1 Å². The van der Waals surface area contributed by atoms with Crippen LogP contribution in [0.2, 0.25) is 0 Å². The second kappa shape index (κ2) is 5.94. The zero-order chi connectivity index (χ0) is 10.4. The van der Waals surface area contributed by atoms with Crippen molar-refractivity contribution in [2.45, 2.75) is 32.9 Å². The lowest BCUT2D eigenvalue weighted by molar-refractivity contribution is -0.125. The van der Waals surface area contributed by atoms with E-state index >= 15 is 0 Å². The highest BCUT2D eigenvalue weighted by atomic mass is 16.3. The molecule has 0 radical (unpaired) electrons. The molecule has 1 amide bonds. The average molecular weight is 188 g/mol. The molecule has 0 aromatic carbocycles. The lowest BCUT2D eigenvalue weighted by Gasteiger charge is -2.24. The fraction of sp³-hybridized carbons (Fsp3) is 0.889. The highest BCUT2D eigenvalue weighted by Gasteiger charge is 2.17. The van der Waals surface area contributed by atoms with Crippen LogP contribution in [0.5, 0.6) is 0 Å². The number of amides is 1. The van der Waals surface area contributed by atoms with Crippen molar-refractivity contribution in [1.82, 2.24) is 10.2 Å². The molecule has 0 saturated heterocycles. The first-order valence-corrected chi connectivity index (χ1v) is 4.65. The fourth-order valence-electron chi connectivity index (χ4n) is 1.10. The summed E-state index contributed by atoms with van der Waals surface area (Å²) in [5.41, 5.74) is 0. The summed E-state index contributed by atoms with van der Waals surface area (Å²) in [5, 5.41) is 11.8. The molecule has 2 unspecified atom stereocenters. The van der Waals surface area contributed by atoms with E-state index in [0.29, 0.717) is 13.1 Å². The van der Waals surface area contributed by atoms with Crippen LogP contribution in [0, 0.1) is 0 Å². The first kappa shape index (κ1) is 12.4. The standard InChI is InChI=1S/C9H20N2O2/c1-5-10-9(13)8(3)11(4)6-7(2)12/h7-8,12H,5-6H2,1-4H3,(H,10,13). The number of hydrogen-bond donors (Lipinski definition) is 2. The van der Waals surface area contributed by atoms with Crippen molar-refractivity contribution >= 4 is 5.91 Å². The second-order valence-electron chi connectivity index (χ2n) is 3.36. The van der Waals surface area contributed by atoms with Crippen molar-refractivity contribution in [2.75, 3.05) is 20.1 Å². The molecule has 2 N–H and O–H groups in total. The van der Waals surface area contributed by atoms with Crippen LogP contribution in [0.25, 0.3) is 0 Å². The Bertz CT molecular complexity index is 160. The monoisotopic (exact) mass is 188 g/mol. The van der Waals surface area contributed by atoms with Crippen molar-refractivity contribution in [1.29, 1.82) is 0 Å². The molecule has 0 aliphatic rings. The molecule has 0 heterocycles. The number of carbonyl (C=O) groups excluding carboxylic acids is 1. The minimum absolute atomic E-state index is 0.00523. The number of rotatable bonds is 5. The van der Waals surface area contributed by atoms with Gasteiger partial charge in [-0.2, -0.15) is 0 Å². The molecule has 0 aliphatic heterocycles. The molecule has 0 aromatic rings. The van der Waals surface area contributed by atoms with Crippen LogP contribution in [0.3, 0.4) is 0 Å². The third-order valence-corrected chi connectivity index (χ3v) is 1.94. The summed E-state index contributed by atoms with van der Waals surface area (Å²) in [6, 6.07) is -0.186. The summed E-state index contributed by atoms with van der Waals surface area (Å²) in [7, 11) is 1.83. The number of carbonyl (C=O) groups is 1. The lowest BCUT2D eigenvalue weighted by Crippen LogP contribution is -2.45. The summed E-state index contributed by atoms with van der Waals surface area (Å²) in [6.07, 6.45) is -0.401. The van der Waals surface area contributed by atoms with Crippen LogP contribution in [0.1, 0.15) is 20.8 Å². The van der Waals surface area contributed by atoms with E-state index in [2.05, 4.69) is 5.32 Å². The van der Waals surface area contributed by atoms with Gasteiger partial charge in [0, 0.05) is 13.1 Å². The van der Waals surface area contributed by atoms with Gasteiger partial charge >= 0.3 is 0 Å². The van der Waals surface area contributed by atoms with Crippen LogP contribution in [0.15, 0.2) is 0 Å². The van der Waals surface area contributed by atoms with Crippen LogP contribution in [-0.4, -0.2) is 48.2 Å². The van der Waals surface area contributed by atoms with Gasteiger partial charge in [0.25, 0.3) is 0 Å². The fourth-order valence-corrected chi connectivity index (χ4v) is 1.10. The Morgan fingerprint density at radius 2 is 2.08 bits per heavy atom. The van der Waals surface area contributed by atoms with Gasteiger partial charge in [-0.05, 0) is 27.8 Å². The maximum Gasteiger partial charge on any atom is 0.237 e. The quantitative estimate of drug-likeness (QED) is 0.629. The lowest BCUT2D eigenvalue weighted by atomic mass is 10.2. The maximum absolute atomic E-state index is 11.3. The number of aliphatic hydroxyl groups excluding tert-OH is 1. The number of nitrogens with one attached hydrogen (secondary N) is 1. The van der Waals surface area contributed by atoms with E-state index in [4.69, 9.17) is 5.11 Å². The summed E-state index contributed by atoms with van der Waals surface area (Å²) in [5.74, 6) is 0.00523. The summed E-state index contributed by atoms with van der Waals surface area (Å²) in [4.78, 5) is 13.2. The molecular weight excluding hydrogens is 168 g/mol. The topological polar surface area (TPSA) is 52.6 Å². The Balaban J connectivity index is 3.93. The Kier molecular flexibility index (Phi) is 5.66. The summed E-state index contributed by atoms with van der Waals surface area (Å²) in [6.45, 7) is 6.58. The van der Waals surface area contributed by atoms with Gasteiger partial charge in [-0.15, -0.1) is 0 Å². The van der Waals surface area contributed by atoms with E-state index < -0.39 is 6.10 Å². The van der Waals surface area contributed by atoms with Crippen LogP contribution < -0.4 is 5.32 Å². The van der Waals surface area contributed by atoms with Crippen LogP contribution in [-0.2, 0) is 4.79 Å². The van der Waals surface area contributed by atoms with E-state index in [0.717, 1.165) is 0 Å². The Morgan fingerprint density at radius 1 is 1.54 bits per heavy atom. The highest BCUT2D eigenvalue weighted by molar-refractivity contribution is 5.81. The Morgan fingerprint density at radius 3 is 2.46 bits per heavy atom. The predicted molar refractivity (Wildman–Crippen MR) is 52.5 cm³/mol. The molecule has 0 rings (SSSR count). The van der Waals surface area contributed by atoms with Gasteiger partial charge < -0.3 is 10.4 Å². The smallest absolute Gasteiger partial charge is 0.237 e. The molecule has 0 saturated carbocycles. The molecular formula is C9H20N2O2.